The van der Waals surface area contributed by atoms with E-state index in [-0.39, 0.29) is 33.0 Å². The molecule has 0 radical (unpaired) electrons. The van der Waals surface area contributed by atoms with Crippen LogP contribution in [0.15, 0.2) is 12.1 Å². The number of rotatable bonds is 3. The average molecular weight is 311 g/mol. The lowest BCUT2D eigenvalue weighted by Gasteiger charge is -2.15. The zero-order valence-corrected chi connectivity index (χ0v) is 11.0. The van der Waals surface area contributed by atoms with Gasteiger partial charge in [-0.15, -0.1) is 12.4 Å². The second kappa shape index (κ2) is 6.82. The number of hydrogen-bond donors (Lipinski definition) is 1. The molecule has 2 N–H and O–H groups in total. The van der Waals surface area contributed by atoms with Crippen LogP contribution in [-0.2, 0) is 0 Å². The van der Waals surface area contributed by atoms with Crippen molar-refractivity contribution in [1.29, 1.82) is 0 Å². The van der Waals surface area contributed by atoms with E-state index < -0.39 is 18.9 Å². The first kappa shape index (κ1) is 16.2. The number of alkyl halides is 2. The van der Waals surface area contributed by atoms with Gasteiger partial charge in [0.2, 0.25) is 6.43 Å². The zero-order valence-electron chi connectivity index (χ0n) is 7.89. The molecule has 0 aliphatic heterocycles. The summed E-state index contributed by atoms with van der Waals surface area (Å²) >= 11 is 17.4. The predicted octanol–water partition coefficient (Wildman–Crippen LogP) is 4.72. The molecule has 1 nitrogen and oxygen atoms in total. The largest absolute Gasteiger partial charge is 0.324 e. The van der Waals surface area contributed by atoms with E-state index in [4.69, 9.17) is 40.5 Å². The van der Waals surface area contributed by atoms with Crippen LogP contribution in [0.5, 0.6) is 0 Å². The summed E-state index contributed by atoms with van der Waals surface area (Å²) in [5.74, 6) is 0. The minimum absolute atomic E-state index is 0. The third-order valence-electron chi connectivity index (χ3n) is 1.88. The van der Waals surface area contributed by atoms with E-state index >= 15 is 0 Å². The van der Waals surface area contributed by atoms with Gasteiger partial charge in [0.15, 0.2) is 0 Å². The standard InChI is InChI=1S/C9H8Cl3F2N.ClH/c10-4-1-2-5(11)9(12)8(4)6(15)3-7(13)14;/h1-2,6-7H,3,15H2;1H/t6-;/m0./s1. The first-order chi connectivity index (χ1) is 6.93. The lowest BCUT2D eigenvalue weighted by molar-refractivity contribution is 0.128. The molecule has 0 bridgehead atoms. The molecule has 16 heavy (non-hydrogen) atoms. The molecule has 1 rings (SSSR count). The van der Waals surface area contributed by atoms with Crippen LogP contribution in [0.1, 0.15) is 18.0 Å². The first-order valence-corrected chi connectivity index (χ1v) is 5.24. The van der Waals surface area contributed by atoms with E-state index in [1.807, 2.05) is 0 Å². The molecule has 0 aromatic heterocycles. The molecule has 0 unspecified atom stereocenters. The number of hydrogen-bond acceptors (Lipinski definition) is 1. The van der Waals surface area contributed by atoms with E-state index in [0.717, 1.165) is 0 Å². The lowest BCUT2D eigenvalue weighted by Crippen LogP contribution is -2.15. The van der Waals surface area contributed by atoms with Gasteiger partial charge >= 0.3 is 0 Å². The highest BCUT2D eigenvalue weighted by atomic mass is 35.5. The van der Waals surface area contributed by atoms with Crippen LogP contribution >= 0.6 is 47.2 Å². The topological polar surface area (TPSA) is 26.0 Å². The molecule has 92 valence electrons. The Balaban J connectivity index is 0.00000225. The first-order valence-electron chi connectivity index (χ1n) is 4.10. The molecular formula is C9H9Cl4F2N. The summed E-state index contributed by atoms with van der Waals surface area (Å²) in [5, 5.41) is 0.635. The Hall–Kier alpha value is 0.200. The summed E-state index contributed by atoms with van der Waals surface area (Å²) in [6.45, 7) is 0. The predicted molar refractivity (Wildman–Crippen MR) is 66.3 cm³/mol. The van der Waals surface area contributed by atoms with E-state index in [2.05, 4.69) is 0 Å². The minimum atomic E-state index is -2.51. The fourth-order valence-corrected chi connectivity index (χ4v) is 2.01. The minimum Gasteiger partial charge on any atom is -0.324 e. The van der Waals surface area contributed by atoms with Crippen molar-refractivity contribution >= 4 is 47.2 Å². The zero-order chi connectivity index (χ0) is 11.6. The van der Waals surface area contributed by atoms with Gasteiger partial charge in [0.05, 0.1) is 10.0 Å². The molecule has 0 saturated carbocycles. The summed E-state index contributed by atoms with van der Waals surface area (Å²) in [6.07, 6.45) is -3.01. The second-order valence-electron chi connectivity index (χ2n) is 2.99. The van der Waals surface area contributed by atoms with Crippen LogP contribution in [0.25, 0.3) is 0 Å². The van der Waals surface area contributed by atoms with Crippen molar-refractivity contribution in [2.75, 3.05) is 0 Å². The summed E-state index contributed by atoms with van der Waals surface area (Å²) in [4.78, 5) is 0. The fraction of sp³-hybridized carbons (Fsp3) is 0.333. The van der Waals surface area contributed by atoms with Crippen LogP contribution in [0.4, 0.5) is 8.78 Å². The Bertz CT molecular complexity index is 360. The van der Waals surface area contributed by atoms with E-state index in [0.29, 0.717) is 0 Å². The highest BCUT2D eigenvalue weighted by molar-refractivity contribution is 6.44. The quantitative estimate of drug-likeness (QED) is 0.803. The van der Waals surface area contributed by atoms with Crippen molar-refractivity contribution in [1.82, 2.24) is 0 Å². The van der Waals surface area contributed by atoms with Crippen molar-refractivity contribution < 1.29 is 8.78 Å². The van der Waals surface area contributed by atoms with Crippen molar-refractivity contribution in [2.24, 2.45) is 5.73 Å². The smallest absolute Gasteiger partial charge is 0.240 e. The number of halogens is 6. The highest BCUT2D eigenvalue weighted by Gasteiger charge is 2.19. The molecule has 0 aliphatic rings. The average Bonchev–Trinajstić information content (AvgIpc) is 2.11. The maximum Gasteiger partial charge on any atom is 0.240 e. The Morgan fingerprint density at radius 1 is 1.12 bits per heavy atom. The van der Waals surface area contributed by atoms with E-state index in [1.165, 1.54) is 12.1 Å². The van der Waals surface area contributed by atoms with E-state index in [1.54, 1.807) is 0 Å². The molecule has 1 aromatic carbocycles. The van der Waals surface area contributed by atoms with Crippen molar-refractivity contribution in [3.8, 4) is 0 Å². The molecule has 0 amide bonds. The molecule has 0 fully saturated rings. The van der Waals surface area contributed by atoms with Gasteiger partial charge < -0.3 is 5.73 Å². The van der Waals surface area contributed by atoms with Gasteiger partial charge in [-0.1, -0.05) is 34.8 Å². The fourth-order valence-electron chi connectivity index (χ4n) is 1.19. The molecular weight excluding hydrogens is 302 g/mol. The Kier molecular flexibility index (Phi) is 6.90. The molecule has 1 aromatic rings. The summed E-state index contributed by atoms with van der Waals surface area (Å²) < 4.78 is 24.3. The summed E-state index contributed by atoms with van der Waals surface area (Å²) in [7, 11) is 0. The second-order valence-corrected chi connectivity index (χ2v) is 4.18. The van der Waals surface area contributed by atoms with Crippen molar-refractivity contribution in [2.45, 2.75) is 18.9 Å². The van der Waals surface area contributed by atoms with Gasteiger partial charge in [0, 0.05) is 23.0 Å². The number of nitrogens with two attached hydrogens (primary N) is 1. The number of benzene rings is 1. The molecule has 0 saturated heterocycles. The van der Waals surface area contributed by atoms with Gasteiger partial charge in [-0.2, -0.15) is 0 Å². The van der Waals surface area contributed by atoms with Gasteiger partial charge in [0.25, 0.3) is 0 Å². The Morgan fingerprint density at radius 3 is 2.12 bits per heavy atom. The van der Waals surface area contributed by atoms with Crippen molar-refractivity contribution in [3.63, 3.8) is 0 Å². The van der Waals surface area contributed by atoms with Gasteiger partial charge in [-0.3, -0.25) is 0 Å². The van der Waals surface area contributed by atoms with Crippen LogP contribution in [0, 0.1) is 0 Å². The maximum atomic E-state index is 12.1. The third-order valence-corrected chi connectivity index (χ3v) is 3.03. The monoisotopic (exact) mass is 309 g/mol. The third kappa shape index (κ3) is 3.90. The lowest BCUT2D eigenvalue weighted by atomic mass is 10.0. The SMILES string of the molecule is Cl.N[C@@H](CC(F)F)c1c(Cl)ccc(Cl)c1Cl. The molecule has 1 atom stereocenters. The Labute approximate surface area is 113 Å². The van der Waals surface area contributed by atoms with Gasteiger partial charge in [-0.05, 0) is 12.1 Å². The van der Waals surface area contributed by atoms with Crippen LogP contribution < -0.4 is 5.73 Å². The van der Waals surface area contributed by atoms with E-state index in [9.17, 15) is 8.78 Å². The summed E-state index contributed by atoms with van der Waals surface area (Å²) in [5.41, 5.74) is 5.83. The molecule has 0 spiro atoms. The van der Waals surface area contributed by atoms with Gasteiger partial charge in [-0.25, -0.2) is 8.78 Å². The normalized spacial score (nSPS) is 12.4. The highest BCUT2D eigenvalue weighted by Crippen LogP contribution is 2.36. The summed E-state index contributed by atoms with van der Waals surface area (Å²) in [6, 6.07) is 2.06. The molecule has 7 heteroatoms. The van der Waals surface area contributed by atoms with Crippen LogP contribution in [-0.4, -0.2) is 6.43 Å². The van der Waals surface area contributed by atoms with Crippen LogP contribution in [0.3, 0.4) is 0 Å². The molecule has 0 heterocycles. The van der Waals surface area contributed by atoms with Crippen LogP contribution in [0.2, 0.25) is 15.1 Å². The Morgan fingerprint density at radius 2 is 1.62 bits per heavy atom. The van der Waals surface area contributed by atoms with Gasteiger partial charge in [0.1, 0.15) is 0 Å². The van der Waals surface area contributed by atoms with Crippen molar-refractivity contribution in [3.05, 3.63) is 32.8 Å². The maximum absolute atomic E-state index is 12.1. The molecule has 0 aliphatic carbocycles.